The molecule has 0 amide bonds. The first-order valence-electron chi connectivity index (χ1n) is 8.54. The summed E-state index contributed by atoms with van der Waals surface area (Å²) in [6.07, 6.45) is 1.06. The predicted molar refractivity (Wildman–Crippen MR) is 116 cm³/mol. The number of rotatable bonds is 10. The highest BCUT2D eigenvalue weighted by molar-refractivity contribution is 14.0. The number of benzene rings is 1. The number of guanidine groups is 1. The molecule has 0 bridgehead atoms. The standard InChI is InChI=1S/C17H30N4O3S.HI/c1-4-19-17(20-10-12-24-11-9-14(2)3)21-13-15-5-7-16(8-6-15)25(18,22)23;/h5-8,14H,4,9-13H2,1-3H3,(H2,18,22,23)(H2,19,20,21);1H. The average molecular weight is 498 g/mol. The Hall–Kier alpha value is -0.910. The van der Waals surface area contributed by atoms with Crippen LogP contribution in [0, 0.1) is 5.92 Å². The number of ether oxygens (including phenoxy) is 1. The Morgan fingerprint density at radius 2 is 1.85 bits per heavy atom. The van der Waals surface area contributed by atoms with Gasteiger partial charge in [0.15, 0.2) is 5.96 Å². The molecule has 4 N–H and O–H groups in total. The van der Waals surface area contributed by atoms with E-state index in [0.29, 0.717) is 31.6 Å². The van der Waals surface area contributed by atoms with Crippen molar-refractivity contribution in [3.05, 3.63) is 29.8 Å². The molecule has 0 fully saturated rings. The molecule has 0 spiro atoms. The summed E-state index contributed by atoms with van der Waals surface area (Å²) in [4.78, 5) is 4.58. The number of sulfonamides is 1. The van der Waals surface area contributed by atoms with E-state index in [2.05, 4.69) is 29.5 Å². The third kappa shape index (κ3) is 10.9. The molecule has 0 aliphatic heterocycles. The second kappa shape index (κ2) is 13.3. The van der Waals surface area contributed by atoms with Gasteiger partial charge in [0.1, 0.15) is 0 Å². The summed E-state index contributed by atoms with van der Waals surface area (Å²) in [7, 11) is -3.66. The van der Waals surface area contributed by atoms with Crippen LogP contribution in [-0.2, 0) is 21.3 Å². The Kier molecular flexibility index (Phi) is 12.8. The average Bonchev–Trinajstić information content (AvgIpc) is 2.55. The Labute approximate surface area is 174 Å². The first-order valence-corrected chi connectivity index (χ1v) is 10.1. The molecule has 0 radical (unpaired) electrons. The quantitative estimate of drug-likeness (QED) is 0.198. The lowest BCUT2D eigenvalue weighted by atomic mass is 10.1. The Balaban J connectivity index is 0.00000625. The maximum Gasteiger partial charge on any atom is 0.238 e. The molecule has 0 aromatic heterocycles. The monoisotopic (exact) mass is 498 g/mol. The van der Waals surface area contributed by atoms with Crippen LogP contribution in [0.5, 0.6) is 0 Å². The SMILES string of the molecule is CCNC(=NCc1ccc(S(N)(=O)=O)cc1)NCCOCCC(C)C.I. The summed E-state index contributed by atoms with van der Waals surface area (Å²) in [6.45, 7) is 9.61. The third-order valence-electron chi connectivity index (χ3n) is 3.39. The fraction of sp³-hybridized carbons (Fsp3) is 0.588. The summed E-state index contributed by atoms with van der Waals surface area (Å²) >= 11 is 0. The van der Waals surface area contributed by atoms with Crippen molar-refractivity contribution in [3.63, 3.8) is 0 Å². The van der Waals surface area contributed by atoms with Crippen molar-refractivity contribution in [2.45, 2.75) is 38.6 Å². The van der Waals surface area contributed by atoms with E-state index >= 15 is 0 Å². The normalized spacial score (nSPS) is 12.0. The largest absolute Gasteiger partial charge is 0.380 e. The van der Waals surface area contributed by atoms with Crippen LogP contribution in [0.3, 0.4) is 0 Å². The molecule has 1 rings (SSSR count). The van der Waals surface area contributed by atoms with Gasteiger partial charge in [0.25, 0.3) is 0 Å². The maximum absolute atomic E-state index is 11.2. The van der Waals surface area contributed by atoms with Crippen molar-refractivity contribution in [2.75, 3.05) is 26.3 Å². The molecule has 0 saturated carbocycles. The zero-order valence-corrected chi connectivity index (χ0v) is 18.8. The topological polar surface area (TPSA) is 106 Å². The van der Waals surface area contributed by atoms with Crippen molar-refractivity contribution >= 4 is 40.0 Å². The lowest BCUT2D eigenvalue weighted by Gasteiger charge is -2.12. The van der Waals surface area contributed by atoms with Crippen LogP contribution in [0.4, 0.5) is 0 Å². The highest BCUT2D eigenvalue weighted by atomic mass is 127. The number of nitrogens with one attached hydrogen (secondary N) is 2. The minimum absolute atomic E-state index is 0. The summed E-state index contributed by atoms with van der Waals surface area (Å²) in [5.41, 5.74) is 0.901. The Morgan fingerprint density at radius 1 is 1.19 bits per heavy atom. The van der Waals surface area contributed by atoms with Gasteiger partial charge < -0.3 is 15.4 Å². The fourth-order valence-corrected chi connectivity index (χ4v) is 2.47. The molecular formula is C17H31IN4O3S. The molecule has 1 aromatic rings. The smallest absolute Gasteiger partial charge is 0.238 e. The van der Waals surface area contributed by atoms with Crippen LogP contribution in [0.2, 0.25) is 0 Å². The van der Waals surface area contributed by atoms with E-state index in [1.54, 1.807) is 12.1 Å². The number of halogens is 1. The molecule has 150 valence electrons. The van der Waals surface area contributed by atoms with Gasteiger partial charge in [-0.3, -0.25) is 0 Å². The summed E-state index contributed by atoms with van der Waals surface area (Å²) in [5, 5.41) is 11.5. The number of primary sulfonamides is 1. The van der Waals surface area contributed by atoms with Gasteiger partial charge in [0.05, 0.1) is 18.0 Å². The predicted octanol–water partition coefficient (Wildman–Crippen LogP) is 2.07. The molecule has 1 aromatic carbocycles. The van der Waals surface area contributed by atoms with Crippen molar-refractivity contribution in [1.82, 2.24) is 10.6 Å². The van der Waals surface area contributed by atoms with Gasteiger partial charge >= 0.3 is 0 Å². The number of hydrogen-bond acceptors (Lipinski definition) is 4. The van der Waals surface area contributed by atoms with E-state index < -0.39 is 10.0 Å². The van der Waals surface area contributed by atoms with Crippen molar-refractivity contribution in [2.24, 2.45) is 16.0 Å². The highest BCUT2D eigenvalue weighted by Gasteiger charge is 2.06. The van der Waals surface area contributed by atoms with Crippen LogP contribution in [0.25, 0.3) is 0 Å². The molecule has 0 unspecified atom stereocenters. The maximum atomic E-state index is 11.2. The zero-order valence-electron chi connectivity index (χ0n) is 15.7. The van der Waals surface area contributed by atoms with E-state index in [-0.39, 0.29) is 28.9 Å². The van der Waals surface area contributed by atoms with Crippen molar-refractivity contribution in [1.29, 1.82) is 0 Å². The summed E-state index contributed by atoms with van der Waals surface area (Å²) in [6, 6.07) is 6.40. The van der Waals surface area contributed by atoms with Crippen LogP contribution < -0.4 is 15.8 Å². The molecule has 0 heterocycles. The van der Waals surface area contributed by atoms with E-state index in [0.717, 1.165) is 25.1 Å². The molecule has 26 heavy (non-hydrogen) atoms. The zero-order chi connectivity index (χ0) is 18.7. The van der Waals surface area contributed by atoms with Gasteiger partial charge in [-0.25, -0.2) is 18.5 Å². The van der Waals surface area contributed by atoms with Crippen molar-refractivity contribution < 1.29 is 13.2 Å². The molecule has 0 atom stereocenters. The minimum atomic E-state index is -3.66. The van der Waals surface area contributed by atoms with E-state index in [9.17, 15) is 8.42 Å². The van der Waals surface area contributed by atoms with Gasteiger partial charge in [-0.15, -0.1) is 24.0 Å². The molecular weight excluding hydrogens is 467 g/mol. The Morgan fingerprint density at radius 3 is 2.38 bits per heavy atom. The van der Waals surface area contributed by atoms with Gasteiger partial charge in [-0.1, -0.05) is 26.0 Å². The third-order valence-corrected chi connectivity index (χ3v) is 4.32. The van der Waals surface area contributed by atoms with Crippen LogP contribution in [-0.4, -0.2) is 40.7 Å². The van der Waals surface area contributed by atoms with Gasteiger partial charge in [-0.2, -0.15) is 0 Å². The number of hydrogen-bond donors (Lipinski definition) is 3. The molecule has 9 heteroatoms. The van der Waals surface area contributed by atoms with E-state index in [1.807, 2.05) is 6.92 Å². The van der Waals surface area contributed by atoms with E-state index in [1.165, 1.54) is 12.1 Å². The van der Waals surface area contributed by atoms with Crippen LogP contribution in [0.1, 0.15) is 32.8 Å². The number of aliphatic imine (C=N–C) groups is 1. The molecule has 0 aliphatic carbocycles. The molecule has 0 saturated heterocycles. The first-order chi connectivity index (χ1) is 11.8. The minimum Gasteiger partial charge on any atom is -0.380 e. The Bertz CT molecular complexity index is 634. The molecule has 7 nitrogen and oxygen atoms in total. The lowest BCUT2D eigenvalue weighted by molar-refractivity contribution is 0.128. The highest BCUT2D eigenvalue weighted by Crippen LogP contribution is 2.09. The van der Waals surface area contributed by atoms with Gasteiger partial charge in [0.2, 0.25) is 10.0 Å². The first kappa shape index (κ1) is 25.1. The molecule has 0 aliphatic rings. The number of nitrogens with two attached hydrogens (primary N) is 1. The summed E-state index contributed by atoms with van der Waals surface area (Å²) < 4.78 is 28.1. The van der Waals surface area contributed by atoms with Crippen molar-refractivity contribution in [3.8, 4) is 0 Å². The van der Waals surface area contributed by atoms with Gasteiger partial charge in [0, 0.05) is 19.7 Å². The fourth-order valence-electron chi connectivity index (χ4n) is 1.96. The van der Waals surface area contributed by atoms with Crippen LogP contribution in [0.15, 0.2) is 34.2 Å². The number of nitrogens with zero attached hydrogens (tertiary/aromatic N) is 1. The van der Waals surface area contributed by atoms with Gasteiger partial charge in [-0.05, 0) is 37.0 Å². The lowest BCUT2D eigenvalue weighted by Crippen LogP contribution is -2.39. The second-order valence-electron chi connectivity index (χ2n) is 6.11. The summed E-state index contributed by atoms with van der Waals surface area (Å²) in [5.74, 6) is 1.35. The van der Waals surface area contributed by atoms with Crippen LogP contribution >= 0.6 is 24.0 Å². The second-order valence-corrected chi connectivity index (χ2v) is 7.67. The van der Waals surface area contributed by atoms with E-state index in [4.69, 9.17) is 9.88 Å².